The number of hydrogen-bond donors (Lipinski definition) is 4. The number of benzene rings is 3. The summed E-state index contributed by atoms with van der Waals surface area (Å²) in [6.45, 7) is 8.12. The number of urea groups is 1. The summed E-state index contributed by atoms with van der Waals surface area (Å²) < 4.78 is 28.0. The molecule has 0 spiro atoms. The first kappa shape index (κ1) is 33.1. The maximum atomic E-state index is 14.1. The zero-order chi connectivity index (χ0) is 35.1. The normalized spacial score (nSPS) is 17.1. The lowest BCUT2D eigenvalue weighted by Gasteiger charge is -2.35. The van der Waals surface area contributed by atoms with Crippen LogP contribution in [0.1, 0.15) is 48.3 Å². The zero-order valence-electron chi connectivity index (χ0n) is 28.1. The van der Waals surface area contributed by atoms with Crippen LogP contribution in [0.4, 0.5) is 20.7 Å². The number of ether oxygens (including phenoxy) is 2. The Balaban J connectivity index is 1.16. The number of aromatic amines is 1. The molecule has 3 aromatic carbocycles. The second-order valence-electron chi connectivity index (χ2n) is 13.1. The smallest absolute Gasteiger partial charge is 0.322 e. The second-order valence-corrected chi connectivity index (χ2v) is 13.1. The lowest BCUT2D eigenvalue weighted by atomic mass is 10.1. The number of nitrogen functional groups attached to an aromatic ring is 1. The molecule has 2 aromatic heterocycles. The van der Waals surface area contributed by atoms with E-state index in [1.54, 1.807) is 47.4 Å². The van der Waals surface area contributed by atoms with Gasteiger partial charge in [-0.25, -0.2) is 13.9 Å². The Labute approximate surface area is 288 Å². The number of likely N-dealkylation sites (tertiary alicyclic amines) is 1. The molecule has 0 saturated carbocycles. The van der Waals surface area contributed by atoms with Crippen molar-refractivity contribution in [3.8, 4) is 22.9 Å². The van der Waals surface area contributed by atoms with E-state index in [4.69, 9.17) is 15.2 Å². The number of nitrogens with zero attached hydrogens (tertiary/aromatic N) is 4. The molecule has 5 aromatic rings. The standard InChI is InChI=1S/C37H40FN7O5/c1-21(2)43-12-10-26(11-13-43)49-34-16-23-15-30(42-29(23)17-31(34)44-19-24(20-46)41-37(44)48)35(47)27-18-40-45(36(27)39)25-8-9-32(22(3)14-25)50-33-7-5-4-6-28(33)38/h4-9,14-18,21,24,26,42,46H,10-13,19-20,39H2,1-3H3,(H,41,48)/t24-/m1/s1. The average Bonchev–Trinajstić information content (AvgIpc) is 3.82. The molecule has 2 aliphatic heterocycles. The Kier molecular flexibility index (Phi) is 8.93. The summed E-state index contributed by atoms with van der Waals surface area (Å²) in [6.07, 6.45) is 3.09. The van der Waals surface area contributed by atoms with Gasteiger partial charge in [-0.05, 0) is 87.7 Å². The van der Waals surface area contributed by atoms with Crippen LogP contribution < -0.4 is 25.4 Å². The number of para-hydroxylation sites is 1. The number of nitrogens with one attached hydrogen (secondary N) is 2. The number of rotatable bonds is 10. The highest BCUT2D eigenvalue weighted by Gasteiger charge is 2.33. The number of aliphatic hydroxyl groups excluding tert-OH is 1. The summed E-state index contributed by atoms with van der Waals surface area (Å²) in [5.41, 5.74) is 9.52. The average molecular weight is 682 g/mol. The Hall–Kier alpha value is -5.40. The van der Waals surface area contributed by atoms with E-state index in [2.05, 4.69) is 34.1 Å². The Morgan fingerprint density at radius 2 is 1.86 bits per heavy atom. The van der Waals surface area contributed by atoms with Crippen LogP contribution in [0.2, 0.25) is 0 Å². The Bertz CT molecular complexity index is 2070. The van der Waals surface area contributed by atoms with Crippen LogP contribution in [-0.2, 0) is 0 Å². The van der Waals surface area contributed by atoms with Crippen LogP contribution >= 0.6 is 0 Å². The molecule has 2 amide bonds. The van der Waals surface area contributed by atoms with Crippen LogP contribution in [0.15, 0.2) is 66.9 Å². The molecule has 2 fully saturated rings. The summed E-state index contributed by atoms with van der Waals surface area (Å²) in [4.78, 5) is 34.0. The number of carbonyl (C=O) groups excluding carboxylic acids is 2. The van der Waals surface area contributed by atoms with E-state index in [1.165, 1.54) is 16.9 Å². The third-order valence-corrected chi connectivity index (χ3v) is 9.44. The molecule has 2 aliphatic rings. The number of hydrogen-bond acceptors (Lipinski definition) is 8. The highest BCUT2D eigenvalue weighted by atomic mass is 19.1. The summed E-state index contributed by atoms with van der Waals surface area (Å²) in [7, 11) is 0. The number of piperidine rings is 1. The van der Waals surface area contributed by atoms with E-state index >= 15 is 0 Å². The second kappa shape index (κ2) is 13.5. The number of fused-ring (bicyclic) bond motifs is 1. The summed E-state index contributed by atoms with van der Waals surface area (Å²) in [5, 5.41) is 17.7. The Morgan fingerprint density at radius 3 is 2.56 bits per heavy atom. The summed E-state index contributed by atoms with van der Waals surface area (Å²) in [6, 6.07) is 16.5. The molecule has 5 N–H and O–H groups in total. The first-order valence-electron chi connectivity index (χ1n) is 16.8. The predicted molar refractivity (Wildman–Crippen MR) is 188 cm³/mol. The van der Waals surface area contributed by atoms with Crippen LogP contribution in [0.25, 0.3) is 16.6 Å². The predicted octanol–water partition coefficient (Wildman–Crippen LogP) is 5.55. The minimum Gasteiger partial charge on any atom is -0.488 e. The lowest BCUT2D eigenvalue weighted by Crippen LogP contribution is -2.42. The van der Waals surface area contributed by atoms with Crippen molar-refractivity contribution in [2.45, 2.75) is 51.8 Å². The van der Waals surface area contributed by atoms with Gasteiger partial charge in [-0.2, -0.15) is 5.10 Å². The van der Waals surface area contributed by atoms with E-state index in [9.17, 15) is 19.1 Å². The number of halogens is 1. The molecule has 1 atom stereocenters. The minimum absolute atomic E-state index is 0.0324. The van der Waals surface area contributed by atoms with Crippen LogP contribution in [0.3, 0.4) is 0 Å². The summed E-state index contributed by atoms with van der Waals surface area (Å²) in [5.74, 6) is 0.455. The van der Waals surface area contributed by atoms with E-state index < -0.39 is 11.9 Å². The number of nitrogens with two attached hydrogens (primary N) is 1. The van der Waals surface area contributed by atoms with Gasteiger partial charge in [-0.15, -0.1) is 0 Å². The van der Waals surface area contributed by atoms with Gasteiger partial charge in [0.15, 0.2) is 11.6 Å². The molecule has 260 valence electrons. The number of aromatic nitrogens is 3. The van der Waals surface area contributed by atoms with Crippen molar-refractivity contribution in [2.24, 2.45) is 0 Å². The van der Waals surface area contributed by atoms with Crippen molar-refractivity contribution in [1.82, 2.24) is 25.0 Å². The zero-order valence-corrected chi connectivity index (χ0v) is 28.1. The molecule has 0 aliphatic carbocycles. The first-order valence-corrected chi connectivity index (χ1v) is 16.8. The monoisotopic (exact) mass is 681 g/mol. The molecule has 0 radical (unpaired) electrons. The van der Waals surface area contributed by atoms with Gasteiger partial charge in [0.2, 0.25) is 5.78 Å². The van der Waals surface area contributed by atoms with Gasteiger partial charge < -0.3 is 35.5 Å². The third-order valence-electron chi connectivity index (χ3n) is 9.44. The van der Waals surface area contributed by atoms with Crippen molar-refractivity contribution in [3.63, 3.8) is 0 Å². The van der Waals surface area contributed by atoms with Crippen LogP contribution in [0, 0.1) is 12.7 Å². The van der Waals surface area contributed by atoms with Crippen molar-refractivity contribution in [2.75, 3.05) is 36.9 Å². The maximum Gasteiger partial charge on any atom is 0.322 e. The van der Waals surface area contributed by atoms with Gasteiger partial charge >= 0.3 is 6.03 Å². The molecule has 50 heavy (non-hydrogen) atoms. The number of H-pyrrole nitrogens is 1. The number of carbonyl (C=O) groups is 2. The lowest BCUT2D eigenvalue weighted by molar-refractivity contribution is 0.0847. The molecular weight excluding hydrogens is 641 g/mol. The third kappa shape index (κ3) is 6.37. The first-order chi connectivity index (χ1) is 24.1. The van der Waals surface area contributed by atoms with Gasteiger partial charge in [-0.1, -0.05) is 12.1 Å². The highest BCUT2D eigenvalue weighted by molar-refractivity contribution is 6.13. The minimum atomic E-state index is -0.466. The van der Waals surface area contributed by atoms with Crippen molar-refractivity contribution in [3.05, 3.63) is 89.5 Å². The molecule has 0 bridgehead atoms. The van der Waals surface area contributed by atoms with Gasteiger partial charge in [-0.3, -0.25) is 9.69 Å². The Morgan fingerprint density at radius 1 is 1.08 bits per heavy atom. The summed E-state index contributed by atoms with van der Waals surface area (Å²) >= 11 is 0. The van der Waals surface area contributed by atoms with Crippen molar-refractivity contribution in [1.29, 1.82) is 0 Å². The SMILES string of the molecule is Cc1cc(-n2ncc(C(=O)c3cc4cc(OC5CCN(C(C)C)CC5)c(N5C[C@H](CO)NC5=O)cc4[nH]3)c2N)ccc1Oc1ccccc1F. The molecule has 7 rings (SSSR count). The van der Waals surface area contributed by atoms with E-state index in [0.717, 1.165) is 36.9 Å². The fraction of sp³-hybridized carbons (Fsp3) is 0.324. The van der Waals surface area contributed by atoms with E-state index in [0.29, 0.717) is 40.1 Å². The van der Waals surface area contributed by atoms with Gasteiger partial charge in [0.25, 0.3) is 0 Å². The van der Waals surface area contributed by atoms with E-state index in [1.807, 2.05) is 19.1 Å². The largest absolute Gasteiger partial charge is 0.488 e. The maximum absolute atomic E-state index is 14.1. The molecule has 2 saturated heterocycles. The number of ketones is 1. The highest BCUT2D eigenvalue weighted by Crippen LogP contribution is 2.37. The number of anilines is 2. The topological polar surface area (TPSA) is 151 Å². The molecule has 4 heterocycles. The molecular formula is C37H40FN7O5. The fourth-order valence-electron chi connectivity index (χ4n) is 6.59. The number of amides is 2. The van der Waals surface area contributed by atoms with Gasteiger partial charge in [0.1, 0.15) is 23.4 Å². The van der Waals surface area contributed by atoms with Crippen LogP contribution in [-0.4, -0.2) is 81.0 Å². The van der Waals surface area contributed by atoms with Gasteiger partial charge in [0.05, 0.1) is 48.0 Å². The molecule has 12 nitrogen and oxygen atoms in total. The molecule has 13 heteroatoms. The number of aryl methyl sites for hydroxylation is 1. The fourth-order valence-corrected chi connectivity index (χ4v) is 6.59. The van der Waals surface area contributed by atoms with E-state index in [-0.39, 0.29) is 48.2 Å². The van der Waals surface area contributed by atoms with Crippen molar-refractivity contribution >= 4 is 34.2 Å². The number of aliphatic hydroxyl groups is 1. The quantitative estimate of drug-likeness (QED) is 0.140. The molecule has 0 unspecified atom stereocenters. The van der Waals surface area contributed by atoms with Crippen LogP contribution in [0.5, 0.6) is 17.2 Å². The van der Waals surface area contributed by atoms with Gasteiger partial charge in [0, 0.05) is 30.0 Å². The van der Waals surface area contributed by atoms with Crippen molar-refractivity contribution < 1.29 is 28.6 Å².